The number of hydrogen-bond acceptors (Lipinski definition) is 4. The molecule has 0 unspecified atom stereocenters. The molecule has 0 saturated heterocycles. The summed E-state index contributed by atoms with van der Waals surface area (Å²) in [7, 11) is 0. The monoisotopic (exact) mass is 286 g/mol. The standard InChI is InChI=1S/C10H7ClN2O4S/c11-9-2-1-7(18-9)5-12-4-6(13(16)17)3-8(12)10(14)15/h1-4H,5H2,(H,14,15). The van der Waals surface area contributed by atoms with E-state index in [-0.39, 0.29) is 17.9 Å². The number of rotatable bonds is 4. The van der Waals surface area contributed by atoms with Gasteiger partial charge in [0.05, 0.1) is 22.0 Å². The third-order valence-electron chi connectivity index (χ3n) is 2.27. The van der Waals surface area contributed by atoms with Gasteiger partial charge in [0.25, 0.3) is 5.69 Å². The normalized spacial score (nSPS) is 10.5. The molecular formula is C10H7ClN2O4S. The number of nitro groups is 1. The molecule has 0 spiro atoms. The van der Waals surface area contributed by atoms with Crippen molar-refractivity contribution < 1.29 is 14.8 Å². The molecule has 2 heterocycles. The zero-order chi connectivity index (χ0) is 13.3. The SMILES string of the molecule is O=C(O)c1cc([N+](=O)[O-])cn1Cc1ccc(Cl)s1. The lowest BCUT2D eigenvalue weighted by molar-refractivity contribution is -0.384. The molecule has 1 N–H and O–H groups in total. The van der Waals surface area contributed by atoms with Crippen LogP contribution in [0.4, 0.5) is 5.69 Å². The van der Waals surface area contributed by atoms with E-state index in [9.17, 15) is 14.9 Å². The third-order valence-corrected chi connectivity index (χ3v) is 3.48. The first kappa shape index (κ1) is 12.6. The first-order valence-electron chi connectivity index (χ1n) is 4.79. The quantitative estimate of drug-likeness (QED) is 0.692. The summed E-state index contributed by atoms with van der Waals surface area (Å²) >= 11 is 7.07. The lowest BCUT2D eigenvalue weighted by Crippen LogP contribution is -2.07. The summed E-state index contributed by atoms with van der Waals surface area (Å²) < 4.78 is 1.91. The van der Waals surface area contributed by atoms with Gasteiger partial charge in [-0.3, -0.25) is 10.1 Å². The van der Waals surface area contributed by atoms with Crippen LogP contribution in [0.25, 0.3) is 0 Å². The number of aromatic nitrogens is 1. The maximum absolute atomic E-state index is 11.0. The fourth-order valence-electron chi connectivity index (χ4n) is 1.51. The van der Waals surface area contributed by atoms with Gasteiger partial charge in [-0.05, 0) is 12.1 Å². The minimum absolute atomic E-state index is 0.119. The highest BCUT2D eigenvalue weighted by molar-refractivity contribution is 7.16. The van der Waals surface area contributed by atoms with Gasteiger partial charge in [0.2, 0.25) is 0 Å². The van der Waals surface area contributed by atoms with Gasteiger partial charge in [0.15, 0.2) is 0 Å². The molecule has 2 aromatic heterocycles. The fraction of sp³-hybridized carbons (Fsp3) is 0.100. The average molecular weight is 287 g/mol. The van der Waals surface area contributed by atoms with Crippen LogP contribution in [-0.2, 0) is 6.54 Å². The van der Waals surface area contributed by atoms with E-state index < -0.39 is 10.9 Å². The number of hydrogen-bond donors (Lipinski definition) is 1. The van der Waals surface area contributed by atoms with Gasteiger partial charge in [-0.2, -0.15) is 0 Å². The maximum atomic E-state index is 11.0. The van der Waals surface area contributed by atoms with E-state index in [4.69, 9.17) is 16.7 Å². The fourth-order valence-corrected chi connectivity index (χ4v) is 2.60. The molecule has 0 bridgehead atoms. The highest BCUT2D eigenvalue weighted by Gasteiger charge is 2.19. The lowest BCUT2D eigenvalue weighted by atomic mass is 10.4. The van der Waals surface area contributed by atoms with Gasteiger partial charge in [-0.1, -0.05) is 11.6 Å². The van der Waals surface area contributed by atoms with E-state index in [1.165, 1.54) is 22.1 Å². The van der Waals surface area contributed by atoms with Crippen LogP contribution in [0.5, 0.6) is 0 Å². The molecule has 0 saturated carbocycles. The van der Waals surface area contributed by atoms with Crippen LogP contribution < -0.4 is 0 Å². The van der Waals surface area contributed by atoms with Crippen molar-refractivity contribution >= 4 is 34.6 Å². The Balaban J connectivity index is 2.36. The Kier molecular flexibility index (Phi) is 3.35. The Bertz CT molecular complexity index is 619. The third kappa shape index (κ3) is 2.52. The van der Waals surface area contributed by atoms with E-state index in [0.717, 1.165) is 10.9 Å². The summed E-state index contributed by atoms with van der Waals surface area (Å²) in [4.78, 5) is 21.8. The number of halogens is 1. The van der Waals surface area contributed by atoms with Gasteiger partial charge in [0.1, 0.15) is 5.69 Å². The molecule has 0 fully saturated rings. The largest absolute Gasteiger partial charge is 0.477 e. The summed E-state index contributed by atoms with van der Waals surface area (Å²) in [6, 6.07) is 4.49. The van der Waals surface area contributed by atoms with E-state index in [0.29, 0.717) is 4.34 Å². The Labute approximate surface area is 110 Å². The van der Waals surface area contributed by atoms with Crippen LogP contribution in [0.3, 0.4) is 0 Å². The minimum Gasteiger partial charge on any atom is -0.477 e. The topological polar surface area (TPSA) is 85.4 Å². The van der Waals surface area contributed by atoms with Crippen molar-refractivity contribution in [1.82, 2.24) is 4.57 Å². The van der Waals surface area contributed by atoms with Crippen molar-refractivity contribution in [2.45, 2.75) is 6.54 Å². The first-order chi connectivity index (χ1) is 8.47. The maximum Gasteiger partial charge on any atom is 0.352 e. The second-order valence-electron chi connectivity index (χ2n) is 3.48. The summed E-state index contributed by atoms with van der Waals surface area (Å²) in [5.74, 6) is -1.20. The van der Waals surface area contributed by atoms with Crippen LogP contribution in [0.1, 0.15) is 15.4 Å². The second kappa shape index (κ2) is 4.79. The molecule has 8 heteroatoms. The Morgan fingerprint density at radius 1 is 1.56 bits per heavy atom. The molecule has 0 aliphatic carbocycles. The Morgan fingerprint density at radius 2 is 2.28 bits per heavy atom. The molecule has 18 heavy (non-hydrogen) atoms. The first-order valence-corrected chi connectivity index (χ1v) is 5.99. The predicted octanol–water partition coefficient (Wildman–Crippen LogP) is 2.86. The van der Waals surface area contributed by atoms with E-state index in [2.05, 4.69) is 0 Å². The Morgan fingerprint density at radius 3 is 2.78 bits per heavy atom. The van der Waals surface area contributed by atoms with Crippen LogP contribution in [0, 0.1) is 10.1 Å². The van der Waals surface area contributed by atoms with Crippen molar-refractivity contribution in [3.63, 3.8) is 0 Å². The molecule has 2 aromatic rings. The molecule has 0 aliphatic heterocycles. The molecule has 0 aromatic carbocycles. The summed E-state index contributed by atoms with van der Waals surface area (Å²) in [5, 5.41) is 19.6. The molecule has 0 aliphatic rings. The van der Waals surface area contributed by atoms with Crippen LogP contribution in [0.15, 0.2) is 24.4 Å². The molecule has 0 amide bonds. The average Bonchev–Trinajstić information content (AvgIpc) is 2.85. The molecule has 0 atom stereocenters. The Hall–Kier alpha value is -1.86. The smallest absolute Gasteiger partial charge is 0.352 e. The number of carbonyl (C=O) groups is 1. The molecule has 0 radical (unpaired) electrons. The lowest BCUT2D eigenvalue weighted by Gasteiger charge is -2.02. The van der Waals surface area contributed by atoms with Crippen molar-refractivity contribution in [1.29, 1.82) is 0 Å². The van der Waals surface area contributed by atoms with E-state index >= 15 is 0 Å². The number of aromatic carboxylic acids is 1. The van der Waals surface area contributed by atoms with Crippen molar-refractivity contribution in [2.24, 2.45) is 0 Å². The van der Waals surface area contributed by atoms with Gasteiger partial charge in [-0.15, -0.1) is 11.3 Å². The van der Waals surface area contributed by atoms with Crippen molar-refractivity contribution in [2.75, 3.05) is 0 Å². The van der Waals surface area contributed by atoms with Crippen LogP contribution in [0.2, 0.25) is 4.34 Å². The number of thiophene rings is 1. The second-order valence-corrected chi connectivity index (χ2v) is 5.28. The zero-order valence-electron chi connectivity index (χ0n) is 8.87. The highest BCUT2D eigenvalue weighted by Crippen LogP contribution is 2.24. The summed E-state index contributed by atoms with van der Waals surface area (Å²) in [5.41, 5.74) is -0.360. The molecule has 94 valence electrons. The molecular weight excluding hydrogens is 280 g/mol. The number of carboxylic acids is 1. The van der Waals surface area contributed by atoms with Gasteiger partial charge < -0.3 is 9.67 Å². The van der Waals surface area contributed by atoms with Crippen molar-refractivity contribution in [3.8, 4) is 0 Å². The predicted molar refractivity (Wildman–Crippen MR) is 66.5 cm³/mol. The highest BCUT2D eigenvalue weighted by atomic mass is 35.5. The van der Waals surface area contributed by atoms with Crippen molar-refractivity contribution in [3.05, 3.63) is 49.4 Å². The summed E-state index contributed by atoms with van der Waals surface area (Å²) in [6.45, 7) is 0.243. The zero-order valence-corrected chi connectivity index (χ0v) is 10.4. The molecule has 6 nitrogen and oxygen atoms in total. The van der Waals surface area contributed by atoms with Gasteiger partial charge >= 0.3 is 5.97 Å². The van der Waals surface area contributed by atoms with E-state index in [1.807, 2.05) is 0 Å². The summed E-state index contributed by atoms with van der Waals surface area (Å²) in [6.07, 6.45) is 1.21. The van der Waals surface area contributed by atoms with Gasteiger partial charge in [0, 0.05) is 10.9 Å². The number of carboxylic acid groups (broad SMARTS) is 1. The van der Waals surface area contributed by atoms with Crippen LogP contribution >= 0.6 is 22.9 Å². The molecule has 2 rings (SSSR count). The minimum atomic E-state index is -1.20. The van der Waals surface area contributed by atoms with E-state index in [1.54, 1.807) is 12.1 Å². The number of nitrogens with zero attached hydrogens (tertiary/aromatic N) is 2. The van der Waals surface area contributed by atoms with Crippen LogP contribution in [-0.4, -0.2) is 20.6 Å². The van der Waals surface area contributed by atoms with Gasteiger partial charge in [-0.25, -0.2) is 4.79 Å².